The van der Waals surface area contributed by atoms with Crippen LogP contribution in [0.3, 0.4) is 0 Å². The minimum Gasteiger partial charge on any atom is -0.506 e. The van der Waals surface area contributed by atoms with E-state index in [2.05, 4.69) is 26.6 Å². The minimum atomic E-state index is -0.955. The number of anilines is 2. The quantitative estimate of drug-likeness (QED) is 0.231. The number of benzene rings is 2. The number of rotatable bonds is 4. The molecule has 0 fully saturated rings. The van der Waals surface area contributed by atoms with E-state index < -0.39 is 25.7 Å². The number of nitro benzene ring substituents is 2. The molecule has 0 radical (unpaired) electrons. The molecule has 0 atom stereocenters. The first-order chi connectivity index (χ1) is 15.1. The topological polar surface area (TPSA) is 174 Å². The molecule has 1 aliphatic rings. The van der Waals surface area contributed by atoms with Gasteiger partial charge in [0, 0.05) is 24.3 Å². The number of hydrogen-bond acceptors (Lipinski definition) is 8. The zero-order valence-corrected chi connectivity index (χ0v) is 19.6. The van der Waals surface area contributed by atoms with E-state index in [0.717, 1.165) is 18.2 Å². The Hall–Kier alpha value is -3.74. The Kier molecular flexibility index (Phi) is 7.27. The fourth-order valence-electron chi connectivity index (χ4n) is 2.42. The largest absolute Gasteiger partial charge is 0.506 e. The van der Waals surface area contributed by atoms with Crippen LogP contribution in [0.2, 0.25) is 0 Å². The Morgan fingerprint density at radius 1 is 1.12 bits per heavy atom. The van der Waals surface area contributed by atoms with Crippen molar-refractivity contribution < 1.29 is 29.3 Å². The van der Waals surface area contributed by atoms with Gasteiger partial charge in [0.25, 0.3) is 17.3 Å². The van der Waals surface area contributed by atoms with Gasteiger partial charge in [-0.1, -0.05) is 15.9 Å². The number of phenols is 1. The van der Waals surface area contributed by atoms with Gasteiger partial charge in [-0.2, -0.15) is 0 Å². The molecule has 2 amide bonds. The second kappa shape index (κ2) is 9.40. The highest BCUT2D eigenvalue weighted by molar-refractivity contribution is 9.10. The van der Waals surface area contributed by atoms with Crippen LogP contribution in [0.15, 0.2) is 36.4 Å². The molecule has 1 aliphatic heterocycles. The van der Waals surface area contributed by atoms with Gasteiger partial charge < -0.3 is 20.5 Å². The number of ether oxygens (including phenoxy) is 1. The normalized spacial score (nSPS) is 13.9. The number of phenolic OH excluding ortho intramolecular Hbond substituents is 1. The van der Waals surface area contributed by atoms with Crippen molar-refractivity contribution in [1.82, 2.24) is 0 Å². The minimum absolute atomic E-state index is 0.0109. The summed E-state index contributed by atoms with van der Waals surface area (Å²) in [5.41, 5.74) is -0.897. The van der Waals surface area contributed by atoms with E-state index in [1.807, 2.05) is 0 Å². The van der Waals surface area contributed by atoms with Gasteiger partial charge in [0.1, 0.15) is 11.5 Å². The van der Waals surface area contributed by atoms with Crippen LogP contribution in [-0.4, -0.2) is 36.7 Å². The SMILES string of the molecule is CC(C)(Br)C(=O)Nc1cc([N+](=O)[O-])ccc1O.CC1(C)Oc2ccc([N+](=O)[O-])cc2NC1=O. The van der Waals surface area contributed by atoms with Crippen LogP contribution in [-0.2, 0) is 9.59 Å². The Morgan fingerprint density at radius 3 is 2.21 bits per heavy atom. The van der Waals surface area contributed by atoms with E-state index >= 15 is 0 Å². The summed E-state index contributed by atoms with van der Waals surface area (Å²) in [6.45, 7) is 6.51. The molecule has 0 saturated carbocycles. The van der Waals surface area contributed by atoms with Crippen LogP contribution >= 0.6 is 15.9 Å². The van der Waals surface area contributed by atoms with Gasteiger partial charge in [-0.25, -0.2) is 0 Å². The summed E-state index contributed by atoms with van der Waals surface area (Å²) in [5.74, 6) is -0.510. The Balaban J connectivity index is 0.000000234. The van der Waals surface area contributed by atoms with Crippen molar-refractivity contribution in [2.24, 2.45) is 0 Å². The molecule has 1 heterocycles. The van der Waals surface area contributed by atoms with Gasteiger partial charge in [0.2, 0.25) is 5.91 Å². The number of nitro groups is 2. The molecule has 0 saturated heterocycles. The van der Waals surface area contributed by atoms with Crippen LogP contribution in [0.4, 0.5) is 22.7 Å². The zero-order chi connectivity index (χ0) is 25.1. The van der Waals surface area contributed by atoms with E-state index in [-0.39, 0.29) is 28.7 Å². The second-order valence-corrected chi connectivity index (χ2v) is 9.87. The summed E-state index contributed by atoms with van der Waals surface area (Å²) in [5, 5.41) is 35.6. The van der Waals surface area contributed by atoms with Crippen molar-refractivity contribution >= 4 is 50.5 Å². The van der Waals surface area contributed by atoms with Crippen LogP contribution in [0.1, 0.15) is 27.7 Å². The molecule has 0 unspecified atom stereocenters. The Bertz CT molecular complexity index is 1130. The standard InChI is InChI=1S/C10H11BrN2O4.C10H10N2O4/c1-10(2,11)9(15)12-7-5-6(13(16)17)3-4-8(7)14;1-10(2)9(13)11-7-5-6(12(14)15)3-4-8(7)16-10/h3-5,14H,1-2H3,(H,12,15);3-5H,1-2H3,(H,11,13). The summed E-state index contributed by atoms with van der Waals surface area (Å²) in [7, 11) is 0. The number of alkyl halides is 1. The molecule has 3 N–H and O–H groups in total. The Labute approximate surface area is 196 Å². The number of aromatic hydroxyl groups is 1. The lowest BCUT2D eigenvalue weighted by Crippen LogP contribution is -2.45. The van der Waals surface area contributed by atoms with E-state index in [1.54, 1.807) is 27.7 Å². The average Bonchev–Trinajstić information content (AvgIpc) is 2.69. The maximum atomic E-state index is 11.6. The molecular weight excluding hydrogens is 504 g/mol. The molecule has 176 valence electrons. The lowest BCUT2D eigenvalue weighted by molar-refractivity contribution is -0.385. The monoisotopic (exact) mass is 524 g/mol. The summed E-state index contributed by atoms with van der Waals surface area (Å²) in [6.07, 6.45) is 0. The van der Waals surface area contributed by atoms with Crippen molar-refractivity contribution in [3.05, 3.63) is 56.6 Å². The molecule has 13 heteroatoms. The van der Waals surface area contributed by atoms with Crippen molar-refractivity contribution in [2.75, 3.05) is 10.6 Å². The summed E-state index contributed by atoms with van der Waals surface area (Å²) < 4.78 is 4.60. The van der Waals surface area contributed by atoms with Gasteiger partial charge in [0.15, 0.2) is 5.60 Å². The predicted octanol–water partition coefficient (Wildman–Crippen LogP) is 4.12. The molecule has 2 aromatic carbocycles. The van der Waals surface area contributed by atoms with Gasteiger partial charge in [-0.05, 0) is 39.8 Å². The first kappa shape index (κ1) is 25.5. The fraction of sp³-hybridized carbons (Fsp3) is 0.300. The smallest absolute Gasteiger partial charge is 0.271 e. The van der Waals surface area contributed by atoms with E-state index in [1.165, 1.54) is 18.2 Å². The highest BCUT2D eigenvalue weighted by Crippen LogP contribution is 2.36. The number of fused-ring (bicyclic) bond motifs is 1. The third-order valence-corrected chi connectivity index (χ3v) is 4.67. The second-order valence-electron chi connectivity index (χ2n) is 7.89. The maximum Gasteiger partial charge on any atom is 0.271 e. The van der Waals surface area contributed by atoms with Crippen LogP contribution in [0, 0.1) is 20.2 Å². The first-order valence-electron chi connectivity index (χ1n) is 9.38. The lowest BCUT2D eigenvalue weighted by atomic mass is 10.1. The number of nitrogens with one attached hydrogen (secondary N) is 2. The summed E-state index contributed by atoms with van der Waals surface area (Å²) in [4.78, 5) is 43.2. The molecule has 0 bridgehead atoms. The van der Waals surface area contributed by atoms with Crippen LogP contribution in [0.25, 0.3) is 0 Å². The molecule has 12 nitrogen and oxygen atoms in total. The number of nitrogens with zero attached hydrogens (tertiary/aromatic N) is 2. The number of carbonyl (C=O) groups is 2. The van der Waals surface area contributed by atoms with Gasteiger partial charge in [0.05, 0.1) is 25.5 Å². The molecule has 0 aromatic heterocycles. The van der Waals surface area contributed by atoms with Gasteiger partial charge in [-0.15, -0.1) is 0 Å². The van der Waals surface area contributed by atoms with Crippen molar-refractivity contribution in [2.45, 2.75) is 37.6 Å². The highest BCUT2D eigenvalue weighted by atomic mass is 79.9. The zero-order valence-electron chi connectivity index (χ0n) is 18.0. The molecule has 2 aromatic rings. The average molecular weight is 525 g/mol. The van der Waals surface area contributed by atoms with E-state index in [0.29, 0.717) is 11.4 Å². The lowest BCUT2D eigenvalue weighted by Gasteiger charge is -2.31. The van der Waals surface area contributed by atoms with E-state index in [4.69, 9.17) is 4.74 Å². The molecular formula is C20H21BrN4O8. The molecule has 0 spiro atoms. The number of halogens is 1. The maximum absolute atomic E-state index is 11.6. The highest BCUT2D eigenvalue weighted by Gasteiger charge is 2.35. The number of non-ortho nitro benzene ring substituents is 2. The van der Waals surface area contributed by atoms with Crippen LogP contribution < -0.4 is 15.4 Å². The van der Waals surface area contributed by atoms with Crippen molar-refractivity contribution in [3.8, 4) is 11.5 Å². The summed E-state index contributed by atoms with van der Waals surface area (Å²) >= 11 is 3.15. The van der Waals surface area contributed by atoms with Crippen molar-refractivity contribution in [3.63, 3.8) is 0 Å². The molecule has 0 aliphatic carbocycles. The van der Waals surface area contributed by atoms with Crippen molar-refractivity contribution in [1.29, 1.82) is 0 Å². The fourth-order valence-corrected chi connectivity index (χ4v) is 2.52. The number of amides is 2. The van der Waals surface area contributed by atoms with Gasteiger partial charge in [-0.3, -0.25) is 29.8 Å². The van der Waals surface area contributed by atoms with Crippen LogP contribution in [0.5, 0.6) is 11.5 Å². The van der Waals surface area contributed by atoms with E-state index in [9.17, 15) is 34.9 Å². The number of carbonyl (C=O) groups excluding carboxylic acids is 2. The van der Waals surface area contributed by atoms with Gasteiger partial charge >= 0.3 is 0 Å². The third-order valence-electron chi connectivity index (χ3n) is 4.31. The Morgan fingerprint density at radius 2 is 1.67 bits per heavy atom. The molecule has 33 heavy (non-hydrogen) atoms. The summed E-state index contributed by atoms with van der Waals surface area (Å²) in [6, 6.07) is 7.52. The number of hydrogen-bond donors (Lipinski definition) is 3. The molecule has 3 rings (SSSR count). The third kappa shape index (κ3) is 6.38. The predicted molar refractivity (Wildman–Crippen MR) is 123 cm³/mol. The first-order valence-corrected chi connectivity index (χ1v) is 10.2.